The molecule has 0 atom stereocenters. The molecule has 5 rings (SSSR count). The van der Waals surface area contributed by atoms with Gasteiger partial charge in [0.25, 0.3) is 5.91 Å². The minimum absolute atomic E-state index is 0.0710. The molecule has 0 bridgehead atoms. The van der Waals surface area contributed by atoms with E-state index in [2.05, 4.69) is 21.2 Å². The zero-order chi connectivity index (χ0) is 25.1. The fourth-order valence-electron chi connectivity index (χ4n) is 5.07. The SMILES string of the molecule is CC(=O)N1CCc2cc(-c3ccc(C(=O)NCCN4CCN(c5ccccc5F)CC4)cc3)ccc21. The molecule has 2 amide bonds. The lowest BCUT2D eigenvalue weighted by Crippen LogP contribution is -2.48. The number of hydrogen-bond acceptors (Lipinski definition) is 4. The van der Waals surface area contributed by atoms with E-state index in [1.165, 1.54) is 11.6 Å². The van der Waals surface area contributed by atoms with E-state index in [1.54, 1.807) is 13.0 Å². The quantitative estimate of drug-likeness (QED) is 0.573. The number of nitrogens with one attached hydrogen (secondary N) is 1. The van der Waals surface area contributed by atoms with Crippen molar-refractivity contribution in [2.75, 3.05) is 55.6 Å². The van der Waals surface area contributed by atoms with Gasteiger partial charge >= 0.3 is 0 Å². The van der Waals surface area contributed by atoms with Gasteiger partial charge in [-0.1, -0.05) is 30.3 Å². The minimum Gasteiger partial charge on any atom is -0.367 e. The fraction of sp³-hybridized carbons (Fsp3) is 0.310. The molecule has 1 saturated heterocycles. The van der Waals surface area contributed by atoms with Gasteiger partial charge in [-0.3, -0.25) is 14.5 Å². The second kappa shape index (κ2) is 10.5. The van der Waals surface area contributed by atoms with E-state index in [1.807, 2.05) is 53.4 Å². The second-order valence-corrected chi connectivity index (χ2v) is 9.38. The van der Waals surface area contributed by atoms with Crippen LogP contribution >= 0.6 is 0 Å². The van der Waals surface area contributed by atoms with Gasteiger partial charge < -0.3 is 15.1 Å². The largest absolute Gasteiger partial charge is 0.367 e. The first-order valence-electron chi connectivity index (χ1n) is 12.5. The predicted octanol–water partition coefficient (Wildman–Crippen LogP) is 3.95. The van der Waals surface area contributed by atoms with Crippen molar-refractivity contribution in [3.8, 4) is 11.1 Å². The molecule has 36 heavy (non-hydrogen) atoms. The van der Waals surface area contributed by atoms with Crippen LogP contribution in [-0.2, 0) is 11.2 Å². The Morgan fingerprint density at radius 3 is 2.31 bits per heavy atom. The highest BCUT2D eigenvalue weighted by Crippen LogP contribution is 2.32. The molecule has 2 aliphatic heterocycles. The van der Waals surface area contributed by atoms with Crippen molar-refractivity contribution >= 4 is 23.2 Å². The topological polar surface area (TPSA) is 55.9 Å². The van der Waals surface area contributed by atoms with Crippen molar-refractivity contribution < 1.29 is 14.0 Å². The molecule has 0 aromatic heterocycles. The summed E-state index contributed by atoms with van der Waals surface area (Å²) in [6.07, 6.45) is 0.863. The van der Waals surface area contributed by atoms with Crippen LogP contribution in [0.2, 0.25) is 0 Å². The van der Waals surface area contributed by atoms with Crippen LogP contribution in [0.3, 0.4) is 0 Å². The summed E-state index contributed by atoms with van der Waals surface area (Å²) in [5.74, 6) is -0.195. The highest BCUT2D eigenvalue weighted by molar-refractivity contribution is 5.95. The molecule has 7 heteroatoms. The number of halogens is 1. The monoisotopic (exact) mass is 486 g/mol. The number of nitrogens with zero attached hydrogens (tertiary/aromatic N) is 3. The molecule has 186 valence electrons. The van der Waals surface area contributed by atoms with Crippen LogP contribution in [0, 0.1) is 5.82 Å². The number of anilines is 2. The van der Waals surface area contributed by atoms with E-state index >= 15 is 0 Å². The van der Waals surface area contributed by atoms with Crippen molar-refractivity contribution in [3.63, 3.8) is 0 Å². The van der Waals surface area contributed by atoms with Crippen molar-refractivity contribution in [1.29, 1.82) is 0 Å². The Morgan fingerprint density at radius 2 is 1.58 bits per heavy atom. The van der Waals surface area contributed by atoms with Gasteiger partial charge in [-0.05, 0) is 59.5 Å². The first kappa shape index (κ1) is 24.0. The Hall–Kier alpha value is -3.71. The molecule has 1 N–H and O–H groups in total. The number of rotatable bonds is 6. The maximum atomic E-state index is 14.0. The van der Waals surface area contributed by atoms with Crippen LogP contribution in [0.4, 0.5) is 15.8 Å². The molecule has 0 aliphatic carbocycles. The number of benzene rings is 3. The third kappa shape index (κ3) is 5.11. The van der Waals surface area contributed by atoms with Crippen molar-refractivity contribution in [1.82, 2.24) is 10.2 Å². The van der Waals surface area contributed by atoms with E-state index in [-0.39, 0.29) is 17.6 Å². The molecular formula is C29H31FN4O2. The van der Waals surface area contributed by atoms with Crippen molar-refractivity contribution in [2.45, 2.75) is 13.3 Å². The maximum absolute atomic E-state index is 14.0. The molecule has 2 aliphatic rings. The minimum atomic E-state index is -0.181. The molecule has 3 aromatic carbocycles. The third-order valence-corrected chi connectivity index (χ3v) is 7.11. The molecule has 0 spiro atoms. The smallest absolute Gasteiger partial charge is 0.251 e. The van der Waals surface area contributed by atoms with E-state index in [4.69, 9.17) is 0 Å². The normalized spacial score (nSPS) is 15.6. The average molecular weight is 487 g/mol. The number of para-hydroxylation sites is 1. The van der Waals surface area contributed by atoms with E-state index in [9.17, 15) is 14.0 Å². The lowest BCUT2D eigenvalue weighted by Gasteiger charge is -2.36. The van der Waals surface area contributed by atoms with Crippen LogP contribution in [0.25, 0.3) is 11.1 Å². The van der Waals surface area contributed by atoms with Gasteiger partial charge in [-0.15, -0.1) is 0 Å². The van der Waals surface area contributed by atoms with Crippen LogP contribution in [-0.4, -0.2) is 62.5 Å². The van der Waals surface area contributed by atoms with Crippen LogP contribution in [0.5, 0.6) is 0 Å². The first-order valence-corrected chi connectivity index (χ1v) is 12.5. The summed E-state index contributed by atoms with van der Waals surface area (Å²) in [5.41, 5.74) is 5.60. The van der Waals surface area contributed by atoms with E-state index in [0.717, 1.165) is 62.5 Å². The summed E-state index contributed by atoms with van der Waals surface area (Å²) in [6.45, 7) is 6.87. The fourth-order valence-corrected chi connectivity index (χ4v) is 5.07. The summed E-state index contributed by atoms with van der Waals surface area (Å²) < 4.78 is 14.0. The number of carbonyl (C=O) groups excluding carboxylic acids is 2. The number of carbonyl (C=O) groups is 2. The Balaban J connectivity index is 1.10. The molecule has 0 unspecified atom stereocenters. The summed E-state index contributed by atoms with van der Waals surface area (Å²) in [6, 6.07) is 20.7. The molecule has 6 nitrogen and oxygen atoms in total. The molecule has 1 fully saturated rings. The summed E-state index contributed by atoms with van der Waals surface area (Å²) in [5, 5.41) is 3.02. The summed E-state index contributed by atoms with van der Waals surface area (Å²) in [4.78, 5) is 30.6. The van der Waals surface area contributed by atoms with Gasteiger partial charge in [0, 0.05) is 64.0 Å². The van der Waals surface area contributed by atoms with Gasteiger partial charge in [-0.25, -0.2) is 4.39 Å². The van der Waals surface area contributed by atoms with Crippen LogP contribution in [0.1, 0.15) is 22.8 Å². The van der Waals surface area contributed by atoms with Gasteiger partial charge in [-0.2, -0.15) is 0 Å². The summed E-state index contributed by atoms with van der Waals surface area (Å²) in [7, 11) is 0. The highest BCUT2D eigenvalue weighted by Gasteiger charge is 2.22. The molecule has 3 aromatic rings. The molecule has 2 heterocycles. The van der Waals surface area contributed by atoms with E-state index in [0.29, 0.717) is 17.8 Å². The van der Waals surface area contributed by atoms with E-state index < -0.39 is 0 Å². The zero-order valence-electron chi connectivity index (χ0n) is 20.5. The van der Waals surface area contributed by atoms with Gasteiger partial charge in [0.15, 0.2) is 0 Å². The number of hydrogen-bond donors (Lipinski definition) is 1. The van der Waals surface area contributed by atoms with Crippen LogP contribution in [0.15, 0.2) is 66.7 Å². The average Bonchev–Trinajstić information content (AvgIpc) is 3.33. The maximum Gasteiger partial charge on any atom is 0.251 e. The van der Waals surface area contributed by atoms with Crippen molar-refractivity contribution in [3.05, 3.63) is 83.7 Å². The Labute approximate surface area is 211 Å². The van der Waals surface area contributed by atoms with Crippen molar-refractivity contribution in [2.24, 2.45) is 0 Å². The number of amides is 2. The first-order chi connectivity index (χ1) is 17.5. The van der Waals surface area contributed by atoms with Gasteiger partial charge in [0.05, 0.1) is 5.69 Å². The predicted molar refractivity (Wildman–Crippen MR) is 141 cm³/mol. The Bertz CT molecular complexity index is 1250. The van der Waals surface area contributed by atoms with Crippen LogP contribution < -0.4 is 15.1 Å². The van der Waals surface area contributed by atoms with Gasteiger partial charge in [0.2, 0.25) is 5.91 Å². The Kier molecular flexibility index (Phi) is 7.00. The van der Waals surface area contributed by atoms with Gasteiger partial charge in [0.1, 0.15) is 5.82 Å². The highest BCUT2D eigenvalue weighted by atomic mass is 19.1. The standard InChI is InChI=1S/C29H31FN4O2/c1-21(35)34-14-12-25-20-24(10-11-27(25)34)22-6-8-23(9-7-22)29(36)31-13-15-32-16-18-33(19-17-32)28-5-3-2-4-26(28)30/h2-11,20H,12-19H2,1H3,(H,31,36). The lowest BCUT2D eigenvalue weighted by molar-refractivity contribution is -0.116. The second-order valence-electron chi connectivity index (χ2n) is 9.38. The number of fused-ring (bicyclic) bond motifs is 1. The molecule has 0 saturated carbocycles. The zero-order valence-corrected chi connectivity index (χ0v) is 20.5. The Morgan fingerprint density at radius 1 is 0.861 bits per heavy atom. The lowest BCUT2D eigenvalue weighted by atomic mass is 10.0. The third-order valence-electron chi connectivity index (χ3n) is 7.11. The number of piperazine rings is 1. The molecular weight excluding hydrogens is 455 g/mol. The summed E-state index contributed by atoms with van der Waals surface area (Å²) >= 11 is 0. The molecule has 0 radical (unpaired) electrons.